The highest BCUT2D eigenvalue weighted by molar-refractivity contribution is 5.88. The second-order valence-electron chi connectivity index (χ2n) is 6.27. The summed E-state index contributed by atoms with van der Waals surface area (Å²) in [6, 6.07) is 13.8. The zero-order valence-electron chi connectivity index (χ0n) is 13.9. The predicted molar refractivity (Wildman–Crippen MR) is 93.4 cm³/mol. The quantitative estimate of drug-likeness (QED) is 0.356. The molecule has 24 heavy (non-hydrogen) atoms. The number of hydrogen-bond donors (Lipinski definition) is 0. The molecule has 2 rings (SSSR count). The number of rotatable bonds is 4. The molecule has 0 amide bonds. The zero-order valence-corrected chi connectivity index (χ0v) is 13.9. The van der Waals surface area contributed by atoms with Crippen molar-refractivity contribution in [3.63, 3.8) is 0 Å². The lowest BCUT2D eigenvalue weighted by Crippen LogP contribution is -2.22. The van der Waals surface area contributed by atoms with E-state index in [-0.39, 0.29) is 5.69 Å². The van der Waals surface area contributed by atoms with E-state index in [4.69, 9.17) is 4.74 Å². The third-order valence-electron chi connectivity index (χ3n) is 3.12. The van der Waals surface area contributed by atoms with E-state index in [2.05, 4.69) is 0 Å². The topological polar surface area (TPSA) is 69.4 Å². The molecular weight excluding hydrogens is 306 g/mol. The highest BCUT2D eigenvalue weighted by Gasteiger charge is 2.16. The molecule has 0 aliphatic carbocycles. The Morgan fingerprint density at radius 3 is 2.38 bits per heavy atom. The lowest BCUT2D eigenvalue weighted by atomic mass is 10.0. The van der Waals surface area contributed by atoms with Crippen LogP contribution in [0.4, 0.5) is 5.69 Å². The number of nitro benzene ring substituents is 1. The number of carbonyl (C=O) groups is 1. The van der Waals surface area contributed by atoms with Gasteiger partial charge in [-0.2, -0.15) is 0 Å². The smallest absolute Gasteiger partial charge is 0.331 e. The van der Waals surface area contributed by atoms with Crippen LogP contribution in [0.3, 0.4) is 0 Å². The van der Waals surface area contributed by atoms with E-state index >= 15 is 0 Å². The Morgan fingerprint density at radius 2 is 1.79 bits per heavy atom. The largest absolute Gasteiger partial charge is 0.457 e. The van der Waals surface area contributed by atoms with Gasteiger partial charge in [-0.15, -0.1) is 0 Å². The van der Waals surface area contributed by atoms with E-state index in [1.54, 1.807) is 39.0 Å². The van der Waals surface area contributed by atoms with Crippen molar-refractivity contribution in [3.05, 3.63) is 70.3 Å². The molecular formula is C19H19NO4. The van der Waals surface area contributed by atoms with Gasteiger partial charge in [0.05, 0.1) is 10.5 Å². The first-order valence-corrected chi connectivity index (χ1v) is 7.51. The standard InChI is InChI=1S/C19H19NO4/c1-19(2,3)24-18(21)12-10-14-9-11-17(20(22)23)16(13-14)15-7-5-4-6-8-15/h4-13H,1-3H3/b12-10+. The molecule has 5 nitrogen and oxygen atoms in total. The summed E-state index contributed by atoms with van der Waals surface area (Å²) < 4.78 is 5.20. The zero-order chi connectivity index (χ0) is 17.7. The first kappa shape index (κ1) is 17.4. The van der Waals surface area contributed by atoms with E-state index in [0.717, 1.165) is 5.56 Å². The van der Waals surface area contributed by atoms with Crippen molar-refractivity contribution < 1.29 is 14.5 Å². The Balaban J connectivity index is 2.34. The van der Waals surface area contributed by atoms with Gasteiger partial charge in [0, 0.05) is 12.1 Å². The average molecular weight is 325 g/mol. The number of ether oxygens (including phenoxy) is 1. The molecule has 0 aromatic heterocycles. The lowest BCUT2D eigenvalue weighted by molar-refractivity contribution is -0.384. The number of hydrogen-bond acceptors (Lipinski definition) is 4. The minimum atomic E-state index is -0.563. The molecule has 0 fully saturated rings. The van der Waals surface area contributed by atoms with Crippen LogP contribution in [0.25, 0.3) is 17.2 Å². The van der Waals surface area contributed by atoms with Crippen molar-refractivity contribution in [3.8, 4) is 11.1 Å². The number of esters is 1. The van der Waals surface area contributed by atoms with Gasteiger partial charge >= 0.3 is 5.97 Å². The highest BCUT2D eigenvalue weighted by atomic mass is 16.6. The Kier molecular flexibility index (Phi) is 5.14. The second kappa shape index (κ2) is 7.08. The fourth-order valence-corrected chi connectivity index (χ4v) is 2.17. The van der Waals surface area contributed by atoms with E-state index in [9.17, 15) is 14.9 Å². The molecule has 2 aromatic carbocycles. The Labute approximate surface area is 140 Å². The Bertz CT molecular complexity index is 774. The fraction of sp³-hybridized carbons (Fsp3) is 0.211. The Hall–Kier alpha value is -2.95. The molecule has 0 heterocycles. The maximum atomic E-state index is 11.7. The summed E-state index contributed by atoms with van der Waals surface area (Å²) in [6.45, 7) is 5.37. The van der Waals surface area contributed by atoms with Gasteiger partial charge in [-0.3, -0.25) is 10.1 Å². The van der Waals surface area contributed by atoms with Crippen LogP contribution in [-0.4, -0.2) is 16.5 Å². The Morgan fingerprint density at radius 1 is 1.12 bits per heavy atom. The molecule has 0 N–H and O–H groups in total. The van der Waals surface area contributed by atoms with E-state index in [1.165, 1.54) is 12.1 Å². The van der Waals surface area contributed by atoms with Crippen LogP contribution in [0.15, 0.2) is 54.6 Å². The maximum absolute atomic E-state index is 11.7. The van der Waals surface area contributed by atoms with Gasteiger partial charge in [0.2, 0.25) is 0 Å². The monoisotopic (exact) mass is 325 g/mol. The van der Waals surface area contributed by atoms with Gasteiger partial charge in [-0.05, 0) is 50.1 Å². The van der Waals surface area contributed by atoms with Gasteiger partial charge < -0.3 is 4.74 Å². The maximum Gasteiger partial charge on any atom is 0.331 e. The van der Waals surface area contributed by atoms with Gasteiger partial charge in [-0.25, -0.2) is 4.79 Å². The number of nitrogens with zero attached hydrogens (tertiary/aromatic N) is 1. The summed E-state index contributed by atoms with van der Waals surface area (Å²) in [6.07, 6.45) is 2.91. The summed E-state index contributed by atoms with van der Waals surface area (Å²) in [5.74, 6) is -0.456. The van der Waals surface area contributed by atoms with Gasteiger partial charge in [0.15, 0.2) is 0 Å². The van der Waals surface area contributed by atoms with Crippen molar-refractivity contribution in [2.75, 3.05) is 0 Å². The number of carbonyl (C=O) groups excluding carboxylic acids is 1. The van der Waals surface area contributed by atoms with Crippen molar-refractivity contribution >= 4 is 17.7 Å². The third kappa shape index (κ3) is 4.78. The van der Waals surface area contributed by atoms with Crippen LogP contribution in [-0.2, 0) is 9.53 Å². The average Bonchev–Trinajstić information content (AvgIpc) is 2.52. The van der Waals surface area contributed by atoms with Crippen molar-refractivity contribution in [2.24, 2.45) is 0 Å². The second-order valence-corrected chi connectivity index (χ2v) is 6.27. The molecule has 2 aromatic rings. The van der Waals surface area contributed by atoms with Crippen LogP contribution >= 0.6 is 0 Å². The molecule has 0 saturated heterocycles. The molecule has 0 spiro atoms. The van der Waals surface area contributed by atoms with E-state index < -0.39 is 16.5 Å². The highest BCUT2D eigenvalue weighted by Crippen LogP contribution is 2.31. The minimum Gasteiger partial charge on any atom is -0.457 e. The molecule has 0 aliphatic rings. The normalized spacial score (nSPS) is 11.5. The summed E-state index contributed by atoms with van der Waals surface area (Å²) in [5.41, 5.74) is 1.40. The molecule has 0 saturated carbocycles. The van der Waals surface area contributed by atoms with E-state index in [0.29, 0.717) is 11.1 Å². The predicted octanol–water partition coefficient (Wildman–Crippen LogP) is 4.62. The number of benzene rings is 2. The minimum absolute atomic E-state index is 0.0237. The van der Waals surface area contributed by atoms with Crippen molar-refractivity contribution in [1.82, 2.24) is 0 Å². The van der Waals surface area contributed by atoms with Crippen LogP contribution in [0.2, 0.25) is 0 Å². The van der Waals surface area contributed by atoms with Crippen LogP contribution in [0.5, 0.6) is 0 Å². The van der Waals surface area contributed by atoms with E-state index in [1.807, 2.05) is 30.3 Å². The van der Waals surface area contributed by atoms with Crippen LogP contribution < -0.4 is 0 Å². The van der Waals surface area contributed by atoms with Crippen molar-refractivity contribution in [1.29, 1.82) is 0 Å². The number of nitro groups is 1. The molecule has 0 atom stereocenters. The first-order chi connectivity index (χ1) is 11.3. The first-order valence-electron chi connectivity index (χ1n) is 7.51. The van der Waals surface area contributed by atoms with Gasteiger partial charge in [0.25, 0.3) is 5.69 Å². The summed E-state index contributed by atoms with van der Waals surface area (Å²) in [7, 11) is 0. The molecule has 0 radical (unpaired) electrons. The molecule has 0 aliphatic heterocycles. The molecule has 5 heteroatoms. The van der Waals surface area contributed by atoms with Crippen LogP contribution in [0.1, 0.15) is 26.3 Å². The SMILES string of the molecule is CC(C)(C)OC(=O)/C=C/c1ccc([N+](=O)[O-])c(-c2ccccc2)c1. The van der Waals surface area contributed by atoms with Gasteiger partial charge in [-0.1, -0.05) is 30.3 Å². The molecule has 0 bridgehead atoms. The molecule has 0 unspecified atom stereocenters. The van der Waals surface area contributed by atoms with Crippen LogP contribution in [0, 0.1) is 10.1 Å². The summed E-state index contributed by atoms with van der Waals surface area (Å²) in [5, 5.41) is 11.2. The lowest BCUT2D eigenvalue weighted by Gasteiger charge is -2.17. The third-order valence-corrected chi connectivity index (χ3v) is 3.12. The summed E-state index contributed by atoms with van der Waals surface area (Å²) >= 11 is 0. The fourth-order valence-electron chi connectivity index (χ4n) is 2.17. The van der Waals surface area contributed by atoms with Gasteiger partial charge in [0.1, 0.15) is 5.60 Å². The summed E-state index contributed by atoms with van der Waals surface area (Å²) in [4.78, 5) is 22.6. The van der Waals surface area contributed by atoms with Crippen molar-refractivity contribution in [2.45, 2.75) is 26.4 Å². The molecule has 124 valence electrons.